The molecule has 1 aromatic heterocycles. The SMILES string of the molecule is CC1C(C(=O)O)CCN1C(=O)c1sccc1Cl. The van der Waals surface area contributed by atoms with E-state index in [9.17, 15) is 9.59 Å². The second-order valence-electron chi connectivity index (χ2n) is 4.07. The van der Waals surface area contributed by atoms with Gasteiger partial charge in [-0.15, -0.1) is 11.3 Å². The van der Waals surface area contributed by atoms with Crippen molar-refractivity contribution in [3.63, 3.8) is 0 Å². The second kappa shape index (κ2) is 4.66. The molecule has 0 aromatic carbocycles. The van der Waals surface area contributed by atoms with Crippen LogP contribution in [0.15, 0.2) is 11.4 Å². The van der Waals surface area contributed by atoms with Crippen LogP contribution in [0.25, 0.3) is 0 Å². The molecule has 1 fully saturated rings. The summed E-state index contributed by atoms with van der Waals surface area (Å²) in [5.41, 5.74) is 0. The minimum absolute atomic E-state index is 0.166. The number of nitrogens with zero attached hydrogens (tertiary/aromatic N) is 1. The Kier molecular flexibility index (Phi) is 3.40. The minimum Gasteiger partial charge on any atom is -0.481 e. The molecule has 0 saturated carbocycles. The monoisotopic (exact) mass is 273 g/mol. The molecule has 1 aromatic rings. The van der Waals surface area contributed by atoms with Gasteiger partial charge in [-0.1, -0.05) is 11.6 Å². The number of carbonyl (C=O) groups is 2. The van der Waals surface area contributed by atoms with Gasteiger partial charge in [0.25, 0.3) is 5.91 Å². The Balaban J connectivity index is 2.18. The summed E-state index contributed by atoms with van der Waals surface area (Å²) in [4.78, 5) is 25.2. The molecule has 92 valence electrons. The highest BCUT2D eigenvalue weighted by atomic mass is 35.5. The van der Waals surface area contributed by atoms with Gasteiger partial charge in [-0.3, -0.25) is 9.59 Å². The first kappa shape index (κ1) is 12.4. The van der Waals surface area contributed by atoms with Crippen molar-refractivity contribution in [2.45, 2.75) is 19.4 Å². The summed E-state index contributed by atoms with van der Waals surface area (Å²) in [6, 6.07) is 1.40. The summed E-state index contributed by atoms with van der Waals surface area (Å²) in [6.45, 7) is 2.25. The molecule has 1 amide bonds. The maximum atomic E-state index is 12.2. The van der Waals surface area contributed by atoms with Crippen LogP contribution in [0, 0.1) is 5.92 Å². The van der Waals surface area contributed by atoms with Crippen molar-refractivity contribution < 1.29 is 14.7 Å². The highest BCUT2D eigenvalue weighted by Crippen LogP contribution is 2.30. The molecule has 1 N–H and O–H groups in total. The third-order valence-electron chi connectivity index (χ3n) is 3.14. The first-order valence-corrected chi connectivity index (χ1v) is 6.55. The van der Waals surface area contributed by atoms with Crippen LogP contribution < -0.4 is 0 Å². The highest BCUT2D eigenvalue weighted by Gasteiger charge is 2.39. The minimum atomic E-state index is -0.843. The molecule has 4 nitrogen and oxygen atoms in total. The van der Waals surface area contributed by atoms with Gasteiger partial charge < -0.3 is 10.0 Å². The number of likely N-dealkylation sites (tertiary alicyclic amines) is 1. The number of carbonyl (C=O) groups excluding carboxylic acids is 1. The largest absolute Gasteiger partial charge is 0.481 e. The standard InChI is InChI=1S/C11H12ClNO3S/c1-6-7(11(15)16)2-4-13(6)10(14)9-8(12)3-5-17-9/h3,5-7H,2,4H2,1H3,(H,15,16). The molecule has 2 unspecified atom stereocenters. The number of amides is 1. The molecule has 1 aliphatic rings. The van der Waals surface area contributed by atoms with Gasteiger partial charge in [-0.05, 0) is 24.8 Å². The van der Waals surface area contributed by atoms with E-state index < -0.39 is 11.9 Å². The van der Waals surface area contributed by atoms with Crippen molar-refractivity contribution in [2.24, 2.45) is 5.92 Å². The number of carboxylic acid groups (broad SMARTS) is 1. The van der Waals surface area contributed by atoms with Gasteiger partial charge in [0.15, 0.2) is 0 Å². The third-order valence-corrected chi connectivity index (χ3v) is 4.47. The molecule has 1 saturated heterocycles. The lowest BCUT2D eigenvalue weighted by Gasteiger charge is -2.22. The predicted octanol–water partition coefficient (Wildman–Crippen LogP) is 2.34. The third kappa shape index (κ3) is 2.17. The van der Waals surface area contributed by atoms with Crippen LogP contribution in [-0.2, 0) is 4.79 Å². The van der Waals surface area contributed by atoms with Crippen LogP contribution in [0.2, 0.25) is 5.02 Å². The lowest BCUT2D eigenvalue weighted by atomic mass is 10.0. The van der Waals surface area contributed by atoms with Crippen molar-refractivity contribution in [3.05, 3.63) is 21.3 Å². The number of rotatable bonds is 2. The normalized spacial score (nSPS) is 24.0. The van der Waals surface area contributed by atoms with Gasteiger partial charge >= 0.3 is 5.97 Å². The molecule has 6 heteroatoms. The Morgan fingerprint density at radius 2 is 2.29 bits per heavy atom. The average Bonchev–Trinajstić information content (AvgIpc) is 2.83. The summed E-state index contributed by atoms with van der Waals surface area (Å²) in [6.07, 6.45) is 0.505. The van der Waals surface area contributed by atoms with Crippen LogP contribution >= 0.6 is 22.9 Å². The molecule has 0 spiro atoms. The summed E-state index contributed by atoms with van der Waals surface area (Å²) in [5, 5.41) is 11.2. The predicted molar refractivity (Wildman–Crippen MR) is 65.6 cm³/mol. The zero-order chi connectivity index (χ0) is 12.6. The number of halogens is 1. The molecule has 0 bridgehead atoms. The smallest absolute Gasteiger partial charge is 0.308 e. The van der Waals surface area contributed by atoms with E-state index in [-0.39, 0.29) is 11.9 Å². The Morgan fingerprint density at radius 3 is 2.76 bits per heavy atom. The van der Waals surface area contributed by atoms with E-state index >= 15 is 0 Å². The summed E-state index contributed by atoms with van der Waals surface area (Å²) < 4.78 is 0. The summed E-state index contributed by atoms with van der Waals surface area (Å²) in [7, 11) is 0. The van der Waals surface area contributed by atoms with Crippen molar-refractivity contribution in [1.29, 1.82) is 0 Å². The fourth-order valence-corrected chi connectivity index (χ4v) is 3.22. The Labute approximate surface area is 108 Å². The Bertz CT molecular complexity index is 459. The van der Waals surface area contributed by atoms with Crippen molar-refractivity contribution in [3.8, 4) is 0 Å². The summed E-state index contributed by atoms with van der Waals surface area (Å²) in [5.74, 6) is -1.48. The van der Waals surface area contributed by atoms with E-state index in [1.807, 2.05) is 0 Å². The van der Waals surface area contributed by atoms with Crippen LogP contribution in [-0.4, -0.2) is 34.5 Å². The van der Waals surface area contributed by atoms with Crippen molar-refractivity contribution in [2.75, 3.05) is 6.54 Å². The molecule has 0 aliphatic carbocycles. The van der Waals surface area contributed by atoms with E-state index in [2.05, 4.69) is 0 Å². The Hall–Kier alpha value is -1.07. The van der Waals surface area contributed by atoms with E-state index in [0.717, 1.165) is 0 Å². The number of aliphatic carboxylic acids is 1. The zero-order valence-corrected chi connectivity index (χ0v) is 10.8. The number of carboxylic acids is 1. The lowest BCUT2D eigenvalue weighted by Crippen LogP contribution is -2.37. The average molecular weight is 274 g/mol. The Morgan fingerprint density at radius 1 is 1.59 bits per heavy atom. The molecule has 1 aliphatic heterocycles. The van der Waals surface area contributed by atoms with Gasteiger partial charge in [0.05, 0.1) is 10.9 Å². The van der Waals surface area contributed by atoms with E-state index in [0.29, 0.717) is 22.9 Å². The molecule has 2 rings (SSSR count). The first-order valence-electron chi connectivity index (χ1n) is 5.29. The van der Waals surface area contributed by atoms with E-state index in [4.69, 9.17) is 16.7 Å². The van der Waals surface area contributed by atoms with Crippen molar-refractivity contribution in [1.82, 2.24) is 4.90 Å². The first-order chi connectivity index (χ1) is 8.02. The van der Waals surface area contributed by atoms with Gasteiger partial charge in [0.2, 0.25) is 0 Å². The van der Waals surface area contributed by atoms with Crippen LogP contribution in [0.5, 0.6) is 0 Å². The fourth-order valence-electron chi connectivity index (χ4n) is 2.13. The van der Waals surface area contributed by atoms with Gasteiger partial charge in [-0.2, -0.15) is 0 Å². The zero-order valence-electron chi connectivity index (χ0n) is 9.22. The number of thiophene rings is 1. The maximum absolute atomic E-state index is 12.2. The van der Waals surface area contributed by atoms with Crippen molar-refractivity contribution >= 4 is 34.8 Å². The van der Waals surface area contributed by atoms with Gasteiger partial charge in [0, 0.05) is 12.6 Å². The molecular formula is C11H12ClNO3S. The van der Waals surface area contributed by atoms with Gasteiger partial charge in [-0.25, -0.2) is 0 Å². The van der Waals surface area contributed by atoms with Crippen LogP contribution in [0.3, 0.4) is 0 Å². The van der Waals surface area contributed by atoms with Crippen LogP contribution in [0.4, 0.5) is 0 Å². The number of hydrogen-bond acceptors (Lipinski definition) is 3. The summed E-state index contributed by atoms with van der Waals surface area (Å²) >= 11 is 7.19. The second-order valence-corrected chi connectivity index (χ2v) is 5.39. The molecule has 2 heterocycles. The molecule has 17 heavy (non-hydrogen) atoms. The van der Waals surface area contributed by atoms with Gasteiger partial charge in [0.1, 0.15) is 4.88 Å². The lowest BCUT2D eigenvalue weighted by molar-refractivity contribution is -0.142. The fraction of sp³-hybridized carbons (Fsp3) is 0.455. The maximum Gasteiger partial charge on any atom is 0.308 e. The van der Waals surface area contributed by atoms with Crippen LogP contribution in [0.1, 0.15) is 23.0 Å². The van der Waals surface area contributed by atoms with E-state index in [1.54, 1.807) is 23.3 Å². The highest BCUT2D eigenvalue weighted by molar-refractivity contribution is 7.12. The molecule has 0 radical (unpaired) electrons. The molecule has 2 atom stereocenters. The number of hydrogen-bond donors (Lipinski definition) is 1. The topological polar surface area (TPSA) is 57.6 Å². The quantitative estimate of drug-likeness (QED) is 0.900. The molecular weight excluding hydrogens is 262 g/mol. The van der Waals surface area contributed by atoms with E-state index in [1.165, 1.54) is 11.3 Å².